The molecular weight excluding hydrogens is 368 g/mol. The van der Waals surface area contributed by atoms with Crippen LogP contribution in [0.1, 0.15) is 27.0 Å². The molecule has 0 aliphatic carbocycles. The molecular formula is C13H11B4F3O5S. The second-order valence-electron chi connectivity index (χ2n) is 5.25. The summed E-state index contributed by atoms with van der Waals surface area (Å²) < 4.78 is 73.2. The predicted molar refractivity (Wildman–Crippen MR) is 91.9 cm³/mol. The number of esters is 1. The molecule has 1 rings (SSSR count). The molecule has 26 heavy (non-hydrogen) atoms. The minimum absolute atomic E-state index is 0.0109. The number of hydrogen-bond acceptors (Lipinski definition) is 4. The Balaban J connectivity index is 3.37. The Morgan fingerprint density at radius 1 is 1.15 bits per heavy atom. The van der Waals surface area contributed by atoms with E-state index in [0.29, 0.717) is 11.1 Å². The van der Waals surface area contributed by atoms with E-state index in [1.165, 1.54) is 0 Å². The van der Waals surface area contributed by atoms with Crippen LogP contribution in [-0.4, -0.2) is 68.4 Å². The Morgan fingerprint density at radius 2 is 1.69 bits per heavy atom. The maximum Gasteiger partial charge on any atom is 0.426 e. The smallest absolute Gasteiger partial charge is 0.426 e. The van der Waals surface area contributed by atoms with Gasteiger partial charge in [0.15, 0.2) is 0 Å². The molecule has 5 nitrogen and oxygen atoms in total. The lowest BCUT2D eigenvalue weighted by atomic mass is 9.72. The van der Waals surface area contributed by atoms with Crippen molar-refractivity contribution in [3.63, 3.8) is 0 Å². The first-order valence-corrected chi connectivity index (χ1v) is 8.72. The minimum Gasteiger partial charge on any atom is -0.448 e. The van der Waals surface area contributed by atoms with Gasteiger partial charge in [-0.2, -0.15) is 21.6 Å². The molecule has 0 spiro atoms. The van der Waals surface area contributed by atoms with Gasteiger partial charge < -0.3 is 4.74 Å². The van der Waals surface area contributed by atoms with Gasteiger partial charge in [0.25, 0.3) is 10.1 Å². The topological polar surface area (TPSA) is 80.7 Å². The molecule has 1 aromatic carbocycles. The van der Waals surface area contributed by atoms with Crippen LogP contribution >= 0.6 is 0 Å². The van der Waals surface area contributed by atoms with Crippen molar-refractivity contribution in [3.8, 4) is 0 Å². The molecule has 0 saturated carbocycles. The van der Waals surface area contributed by atoms with Gasteiger partial charge in [0.1, 0.15) is 13.6 Å². The van der Waals surface area contributed by atoms with E-state index in [4.69, 9.17) is 35.9 Å². The molecule has 1 N–H and O–H groups in total. The molecule has 0 bridgehead atoms. The first-order valence-electron chi connectivity index (χ1n) is 7.11. The Hall–Kier alpha value is -1.35. The van der Waals surface area contributed by atoms with E-state index in [0.717, 1.165) is 6.07 Å². The van der Waals surface area contributed by atoms with Crippen molar-refractivity contribution in [1.29, 1.82) is 0 Å². The van der Waals surface area contributed by atoms with E-state index in [1.807, 2.05) is 0 Å². The Labute approximate surface area is 154 Å². The first kappa shape index (κ1) is 22.7. The summed E-state index contributed by atoms with van der Waals surface area (Å²) in [6, 6.07) is 1.14. The van der Waals surface area contributed by atoms with Crippen LogP contribution in [-0.2, 0) is 33.8 Å². The fourth-order valence-electron chi connectivity index (χ4n) is 2.25. The van der Waals surface area contributed by atoms with Crippen molar-refractivity contribution < 1.29 is 35.7 Å². The van der Waals surface area contributed by atoms with Crippen molar-refractivity contribution in [1.82, 2.24) is 0 Å². The second-order valence-corrected chi connectivity index (χ2v) is 6.75. The maximum absolute atomic E-state index is 12.9. The van der Waals surface area contributed by atoms with Crippen LogP contribution in [0.3, 0.4) is 0 Å². The molecule has 0 fully saturated rings. The van der Waals surface area contributed by atoms with Gasteiger partial charge in [-0.3, -0.25) is 4.55 Å². The van der Waals surface area contributed by atoms with Crippen LogP contribution in [0.4, 0.5) is 13.2 Å². The molecule has 0 saturated heterocycles. The van der Waals surface area contributed by atoms with E-state index in [2.05, 4.69) is 4.74 Å². The zero-order chi connectivity index (χ0) is 20.3. The third-order valence-corrected chi connectivity index (χ3v) is 4.23. The second kappa shape index (κ2) is 8.56. The van der Waals surface area contributed by atoms with Gasteiger partial charge >= 0.3 is 12.1 Å². The first-order chi connectivity index (χ1) is 11.9. The number of hydrogen-bond donors (Lipinski definition) is 1. The zero-order valence-corrected chi connectivity index (χ0v) is 14.2. The Bertz CT molecular complexity index is 783. The van der Waals surface area contributed by atoms with Gasteiger partial charge in [-0.1, -0.05) is 35.6 Å². The molecule has 0 aliphatic rings. The molecule has 1 atom stereocenters. The van der Waals surface area contributed by atoms with E-state index >= 15 is 0 Å². The molecule has 0 heterocycles. The number of rotatable bonds is 7. The van der Waals surface area contributed by atoms with Crippen molar-refractivity contribution >= 4 is 52.9 Å². The highest BCUT2D eigenvalue weighted by Crippen LogP contribution is 2.26. The molecule has 0 amide bonds. The highest BCUT2D eigenvalue weighted by atomic mass is 32.2. The molecule has 132 valence electrons. The van der Waals surface area contributed by atoms with Gasteiger partial charge in [0.05, 0.1) is 29.1 Å². The summed E-state index contributed by atoms with van der Waals surface area (Å²) in [6.07, 6.45) is -8.78. The highest BCUT2D eigenvalue weighted by Gasteiger charge is 2.45. The van der Waals surface area contributed by atoms with Crippen LogP contribution in [0.2, 0.25) is 0 Å². The standard InChI is InChI=1S/C13H11B4F3O5S/c14-2-6-1-7(9(4-16)11(17)8(6)3-15)12(21)25-10(13(18,19)20)5-26(22,23)24/h1,10H,2-5H2,(H,22,23,24). The molecule has 1 aromatic rings. The van der Waals surface area contributed by atoms with E-state index in [9.17, 15) is 26.4 Å². The molecule has 13 heteroatoms. The summed E-state index contributed by atoms with van der Waals surface area (Å²) in [7, 11) is 17.4. The number of carbonyl (C=O) groups excluding carboxylic acids is 1. The quantitative estimate of drug-likeness (QED) is 0.391. The summed E-state index contributed by atoms with van der Waals surface area (Å²) in [6.45, 7) is 0. The van der Waals surface area contributed by atoms with Gasteiger partial charge in [-0.05, 0) is 11.6 Å². The fraction of sp³-hybridized carbons (Fsp3) is 0.462. The molecule has 1 unspecified atom stereocenters. The normalized spacial score (nSPS) is 13.4. The van der Waals surface area contributed by atoms with Crippen molar-refractivity contribution in [2.45, 2.75) is 31.2 Å². The minimum atomic E-state index is -5.23. The average molecular weight is 380 g/mol. The Morgan fingerprint density at radius 3 is 2.08 bits per heavy atom. The third kappa shape index (κ3) is 5.57. The van der Waals surface area contributed by atoms with Gasteiger partial charge in [-0.25, -0.2) is 4.79 Å². The summed E-state index contributed by atoms with van der Waals surface area (Å²) in [4.78, 5) is 12.2. The lowest BCUT2D eigenvalue weighted by Crippen LogP contribution is -2.40. The number of alkyl halides is 3. The zero-order valence-electron chi connectivity index (χ0n) is 13.4. The maximum atomic E-state index is 12.9. The lowest BCUT2D eigenvalue weighted by molar-refractivity contribution is -0.197. The van der Waals surface area contributed by atoms with E-state index in [-0.39, 0.29) is 30.0 Å². The van der Waals surface area contributed by atoms with Crippen LogP contribution in [0.15, 0.2) is 6.07 Å². The average Bonchev–Trinajstić information content (AvgIpc) is 2.50. The lowest BCUT2D eigenvalue weighted by Gasteiger charge is -2.22. The molecule has 8 radical (unpaired) electrons. The number of halogens is 3. The van der Waals surface area contributed by atoms with Gasteiger partial charge in [-0.15, -0.1) is 0 Å². The SMILES string of the molecule is [B]Cc1cc(C(=O)OC(CS(=O)(=O)O)C(F)(F)F)c(C[B])c([B])c1C[B]. The fourth-order valence-corrected chi connectivity index (χ4v) is 2.89. The van der Waals surface area contributed by atoms with Crippen LogP contribution in [0.5, 0.6) is 0 Å². The largest absolute Gasteiger partial charge is 0.448 e. The Kier molecular flexibility index (Phi) is 7.47. The van der Waals surface area contributed by atoms with Crippen molar-refractivity contribution in [3.05, 3.63) is 28.3 Å². The summed E-state index contributed by atoms with van der Waals surface area (Å²) in [5.41, 5.74) is 0.262. The predicted octanol–water partition coefficient (Wildman–Crippen LogP) is -0.539. The summed E-state index contributed by atoms with van der Waals surface area (Å²) in [5.74, 6) is -3.36. The van der Waals surface area contributed by atoms with E-state index < -0.39 is 39.7 Å². The van der Waals surface area contributed by atoms with E-state index in [1.54, 1.807) is 0 Å². The van der Waals surface area contributed by atoms with Crippen LogP contribution in [0, 0.1) is 0 Å². The summed E-state index contributed by atoms with van der Waals surface area (Å²) >= 11 is 0. The highest BCUT2D eigenvalue weighted by molar-refractivity contribution is 7.85. The van der Waals surface area contributed by atoms with Crippen molar-refractivity contribution in [2.75, 3.05) is 5.75 Å². The van der Waals surface area contributed by atoms with Crippen molar-refractivity contribution in [2.24, 2.45) is 0 Å². The monoisotopic (exact) mass is 380 g/mol. The molecule has 0 aliphatic heterocycles. The number of benzene rings is 1. The third-order valence-electron chi connectivity index (χ3n) is 3.51. The number of ether oxygens (including phenoxy) is 1. The van der Waals surface area contributed by atoms with Crippen LogP contribution in [0.25, 0.3) is 0 Å². The van der Waals surface area contributed by atoms with Gasteiger partial charge in [0, 0.05) is 0 Å². The summed E-state index contributed by atoms with van der Waals surface area (Å²) in [5, 5.41) is 0. The van der Waals surface area contributed by atoms with Gasteiger partial charge in [0.2, 0.25) is 6.10 Å². The molecule has 0 aromatic heterocycles. The number of carbonyl (C=O) groups is 1. The van der Waals surface area contributed by atoms with Crippen LogP contribution < -0.4 is 5.46 Å².